The van der Waals surface area contributed by atoms with Gasteiger partial charge in [-0.25, -0.2) is 9.38 Å². The van der Waals surface area contributed by atoms with E-state index < -0.39 is 11.7 Å². The molecule has 0 aromatic heterocycles. The first kappa shape index (κ1) is 18.8. The quantitative estimate of drug-likeness (QED) is 0.625. The summed E-state index contributed by atoms with van der Waals surface area (Å²) in [5.74, 6) is 0.0279. The summed E-state index contributed by atoms with van der Waals surface area (Å²) < 4.78 is 24.2. The Morgan fingerprint density at radius 3 is 2.89 bits per heavy atom. The molecule has 6 nitrogen and oxygen atoms in total. The van der Waals surface area contributed by atoms with Gasteiger partial charge in [0.2, 0.25) is 5.96 Å². The molecule has 3 rings (SSSR count). The van der Waals surface area contributed by atoms with Crippen LogP contribution in [0, 0.1) is 5.82 Å². The average Bonchev–Trinajstić information content (AvgIpc) is 3.20. The Hall–Kier alpha value is -2.93. The number of nitrogens with zero attached hydrogens (tertiary/aromatic N) is 1. The van der Waals surface area contributed by atoms with Gasteiger partial charge in [0.1, 0.15) is 11.6 Å². The van der Waals surface area contributed by atoms with E-state index in [9.17, 15) is 9.18 Å². The highest BCUT2D eigenvalue weighted by Gasteiger charge is 2.16. The van der Waals surface area contributed by atoms with Crippen LogP contribution in [0.5, 0.6) is 5.75 Å². The number of hydrogen-bond donors (Lipinski definition) is 2. The summed E-state index contributed by atoms with van der Waals surface area (Å²) in [7, 11) is 1.58. The molecular formula is C20H22FN3O3. The molecule has 1 aliphatic heterocycles. The Morgan fingerprint density at radius 2 is 2.15 bits per heavy atom. The number of hydrogen-bond acceptors (Lipinski definition) is 4. The zero-order chi connectivity index (χ0) is 19.1. The number of carbonyl (C=O) groups excluding carboxylic acids is 1. The number of methoxy groups -OCH3 is 1. The van der Waals surface area contributed by atoms with E-state index in [4.69, 9.17) is 9.47 Å². The molecule has 27 heavy (non-hydrogen) atoms. The predicted molar refractivity (Wildman–Crippen MR) is 102 cm³/mol. The third-order valence-electron chi connectivity index (χ3n) is 4.13. The maximum Gasteiger partial charge on any atom is 0.258 e. The van der Waals surface area contributed by atoms with Gasteiger partial charge >= 0.3 is 0 Å². The molecule has 7 heteroatoms. The van der Waals surface area contributed by atoms with Crippen molar-refractivity contribution < 1.29 is 18.7 Å². The van der Waals surface area contributed by atoms with Crippen molar-refractivity contribution in [1.29, 1.82) is 0 Å². The van der Waals surface area contributed by atoms with Crippen molar-refractivity contribution in [2.45, 2.75) is 18.9 Å². The Morgan fingerprint density at radius 1 is 1.30 bits per heavy atom. The van der Waals surface area contributed by atoms with Crippen LogP contribution in [-0.4, -0.2) is 38.2 Å². The smallest absolute Gasteiger partial charge is 0.258 e. The lowest BCUT2D eigenvalue weighted by Crippen LogP contribution is -2.36. The average molecular weight is 371 g/mol. The molecule has 2 aromatic carbocycles. The van der Waals surface area contributed by atoms with Gasteiger partial charge in [-0.05, 0) is 43.2 Å². The van der Waals surface area contributed by atoms with Crippen LogP contribution in [0.2, 0.25) is 0 Å². The summed E-state index contributed by atoms with van der Waals surface area (Å²) in [6.45, 7) is 1.16. The molecule has 2 aromatic rings. The molecule has 1 fully saturated rings. The van der Waals surface area contributed by atoms with Gasteiger partial charge in [0.15, 0.2) is 0 Å². The normalized spacial score (nSPS) is 16.8. The first-order valence-corrected chi connectivity index (χ1v) is 8.78. The van der Waals surface area contributed by atoms with Gasteiger partial charge in [-0.2, -0.15) is 0 Å². The van der Waals surface area contributed by atoms with Crippen LogP contribution in [0.4, 0.5) is 10.1 Å². The molecule has 0 bridgehead atoms. The highest BCUT2D eigenvalue weighted by atomic mass is 19.1. The van der Waals surface area contributed by atoms with Gasteiger partial charge in [0.25, 0.3) is 5.91 Å². The molecule has 1 heterocycles. The molecule has 142 valence electrons. The second kappa shape index (κ2) is 9.14. The molecule has 0 spiro atoms. The third kappa shape index (κ3) is 5.52. The number of ether oxygens (including phenoxy) is 2. The van der Waals surface area contributed by atoms with Crippen molar-refractivity contribution >= 4 is 17.6 Å². The van der Waals surface area contributed by atoms with E-state index in [-0.39, 0.29) is 17.6 Å². The lowest BCUT2D eigenvalue weighted by molar-refractivity contribution is 0.0975. The van der Waals surface area contributed by atoms with Crippen molar-refractivity contribution in [2.75, 3.05) is 25.6 Å². The van der Waals surface area contributed by atoms with Crippen LogP contribution in [0.15, 0.2) is 53.5 Å². The fraction of sp³-hybridized carbons (Fsp3) is 0.300. The maximum absolute atomic E-state index is 13.4. The first-order chi connectivity index (χ1) is 13.1. The molecule has 2 N–H and O–H groups in total. The molecule has 0 radical (unpaired) electrons. The summed E-state index contributed by atoms with van der Waals surface area (Å²) in [6, 6.07) is 12.8. The standard InChI is InChI=1S/C20H22FN3O3/c1-26-17-8-3-7-16(12-17)23-20(22-13-18-9-4-10-27-18)24-19(25)14-5-2-6-15(21)11-14/h2-3,5-8,11-12,18H,4,9-10,13H2,1H3,(H2,22,23,24,25)/t18-/m1/s1. The van der Waals surface area contributed by atoms with Crippen LogP contribution < -0.4 is 15.4 Å². The number of aliphatic imine (C=N–C) groups is 1. The van der Waals surface area contributed by atoms with Gasteiger partial charge < -0.3 is 14.8 Å². The Balaban J connectivity index is 1.75. The molecule has 1 atom stereocenters. The molecule has 0 saturated carbocycles. The second-order valence-electron chi connectivity index (χ2n) is 6.15. The third-order valence-corrected chi connectivity index (χ3v) is 4.13. The SMILES string of the molecule is COc1cccc(NC(=NC[C@H]2CCCO2)NC(=O)c2cccc(F)c2)c1. The van der Waals surface area contributed by atoms with Gasteiger partial charge in [-0.15, -0.1) is 0 Å². The minimum absolute atomic E-state index is 0.0400. The van der Waals surface area contributed by atoms with Gasteiger partial charge in [-0.3, -0.25) is 10.1 Å². The zero-order valence-electron chi connectivity index (χ0n) is 15.1. The van der Waals surface area contributed by atoms with Crippen LogP contribution >= 0.6 is 0 Å². The van der Waals surface area contributed by atoms with E-state index in [1.165, 1.54) is 18.2 Å². The summed E-state index contributed by atoms with van der Waals surface area (Å²) in [6.07, 6.45) is 1.99. The van der Waals surface area contributed by atoms with E-state index >= 15 is 0 Å². The van der Waals surface area contributed by atoms with E-state index in [1.54, 1.807) is 19.2 Å². The van der Waals surface area contributed by atoms with Crippen molar-refractivity contribution in [3.8, 4) is 5.75 Å². The molecule has 1 saturated heterocycles. The first-order valence-electron chi connectivity index (χ1n) is 8.78. The molecule has 0 aliphatic carbocycles. The fourth-order valence-corrected chi connectivity index (χ4v) is 2.74. The number of halogens is 1. The molecule has 1 aliphatic rings. The Labute approximate surface area is 157 Å². The molecule has 1 amide bonds. The van der Waals surface area contributed by atoms with Crippen molar-refractivity contribution in [1.82, 2.24) is 5.32 Å². The zero-order valence-corrected chi connectivity index (χ0v) is 15.1. The lowest BCUT2D eigenvalue weighted by atomic mass is 10.2. The van der Waals surface area contributed by atoms with E-state index in [2.05, 4.69) is 15.6 Å². The van der Waals surface area contributed by atoms with Crippen molar-refractivity contribution in [3.05, 3.63) is 59.9 Å². The van der Waals surface area contributed by atoms with Crippen LogP contribution in [0.1, 0.15) is 23.2 Å². The maximum atomic E-state index is 13.4. The topological polar surface area (TPSA) is 71.9 Å². The van der Waals surface area contributed by atoms with Crippen molar-refractivity contribution in [3.63, 3.8) is 0 Å². The largest absolute Gasteiger partial charge is 0.497 e. The summed E-state index contributed by atoms with van der Waals surface area (Å²) in [5, 5.41) is 5.79. The molecule has 0 unspecified atom stereocenters. The fourth-order valence-electron chi connectivity index (χ4n) is 2.74. The van der Waals surface area contributed by atoms with Crippen LogP contribution in [-0.2, 0) is 4.74 Å². The number of amides is 1. The highest BCUT2D eigenvalue weighted by Crippen LogP contribution is 2.17. The molecular weight excluding hydrogens is 349 g/mol. The minimum Gasteiger partial charge on any atom is -0.497 e. The highest BCUT2D eigenvalue weighted by molar-refractivity contribution is 6.10. The van der Waals surface area contributed by atoms with E-state index in [1.807, 2.05) is 18.2 Å². The van der Waals surface area contributed by atoms with Crippen molar-refractivity contribution in [2.24, 2.45) is 4.99 Å². The number of benzene rings is 2. The van der Waals surface area contributed by atoms with E-state index in [0.717, 1.165) is 19.4 Å². The number of anilines is 1. The second-order valence-corrected chi connectivity index (χ2v) is 6.15. The summed E-state index contributed by atoms with van der Waals surface area (Å²) in [5.41, 5.74) is 0.923. The monoisotopic (exact) mass is 371 g/mol. The number of nitrogens with one attached hydrogen (secondary N) is 2. The predicted octanol–water partition coefficient (Wildman–Crippen LogP) is 3.21. The lowest BCUT2D eigenvalue weighted by Gasteiger charge is -2.14. The number of rotatable bonds is 5. The van der Waals surface area contributed by atoms with Gasteiger partial charge in [0.05, 0.1) is 19.8 Å². The number of guanidine groups is 1. The van der Waals surface area contributed by atoms with Gasteiger partial charge in [0, 0.05) is 23.9 Å². The van der Waals surface area contributed by atoms with E-state index in [0.29, 0.717) is 18.0 Å². The van der Waals surface area contributed by atoms with Crippen LogP contribution in [0.3, 0.4) is 0 Å². The summed E-state index contributed by atoms with van der Waals surface area (Å²) in [4.78, 5) is 16.9. The Bertz CT molecular complexity index is 820. The number of carbonyl (C=O) groups is 1. The van der Waals surface area contributed by atoms with Crippen LogP contribution in [0.25, 0.3) is 0 Å². The van der Waals surface area contributed by atoms with Gasteiger partial charge in [-0.1, -0.05) is 12.1 Å². The summed E-state index contributed by atoms with van der Waals surface area (Å²) >= 11 is 0. The Kier molecular flexibility index (Phi) is 6.38. The minimum atomic E-state index is -0.471.